The zero-order valence-corrected chi connectivity index (χ0v) is 20.7. The highest BCUT2D eigenvalue weighted by Gasteiger charge is 2.29. The quantitative estimate of drug-likeness (QED) is 0.403. The molecule has 0 unspecified atom stereocenters. The van der Waals surface area contributed by atoms with E-state index in [0.717, 1.165) is 23.5 Å². The van der Waals surface area contributed by atoms with Crippen molar-refractivity contribution in [2.45, 2.75) is 65.1 Å². The summed E-state index contributed by atoms with van der Waals surface area (Å²) in [6.07, 6.45) is 2.14. The van der Waals surface area contributed by atoms with Crippen molar-refractivity contribution in [1.29, 1.82) is 0 Å². The number of halogens is 1. The van der Waals surface area contributed by atoms with E-state index in [-0.39, 0.29) is 30.8 Å². The average molecular weight is 475 g/mol. The van der Waals surface area contributed by atoms with Gasteiger partial charge in [-0.15, -0.1) is 0 Å². The number of carbonyl (C=O) groups excluding carboxylic acids is 2. The minimum absolute atomic E-state index is 0.0433. The lowest BCUT2D eigenvalue weighted by molar-refractivity contribution is -0.141. The van der Waals surface area contributed by atoms with Crippen molar-refractivity contribution in [2.24, 2.45) is 0 Å². The molecule has 0 radical (unpaired) electrons. The number of ether oxygens (including phenoxy) is 2. The van der Waals surface area contributed by atoms with Crippen LogP contribution in [0.5, 0.6) is 11.5 Å². The predicted octanol–water partition coefficient (Wildman–Crippen LogP) is 5.23. The highest BCUT2D eigenvalue weighted by atomic mass is 35.5. The number of amides is 2. The lowest BCUT2D eigenvalue weighted by Gasteiger charge is -2.31. The lowest BCUT2D eigenvalue weighted by Crippen LogP contribution is -2.50. The van der Waals surface area contributed by atoms with Crippen LogP contribution in [0.3, 0.4) is 0 Å². The molecule has 0 aliphatic heterocycles. The largest absolute Gasteiger partial charge is 0.497 e. The Kier molecular flexibility index (Phi) is 11.0. The second-order valence-electron chi connectivity index (χ2n) is 7.98. The van der Waals surface area contributed by atoms with Crippen LogP contribution >= 0.6 is 11.6 Å². The van der Waals surface area contributed by atoms with E-state index in [2.05, 4.69) is 5.32 Å². The van der Waals surface area contributed by atoms with Crippen LogP contribution in [0.25, 0.3) is 0 Å². The SMILES string of the molecule is CC[C@H](C)NC(=O)[C@H](CC)N(Cc1ccccc1Cl)C(=O)CCCOc1ccc(OC)cc1. The van der Waals surface area contributed by atoms with E-state index in [1.165, 1.54) is 0 Å². The van der Waals surface area contributed by atoms with Crippen LogP contribution in [0.2, 0.25) is 5.02 Å². The molecule has 0 saturated heterocycles. The van der Waals surface area contributed by atoms with Gasteiger partial charge in [0.2, 0.25) is 11.8 Å². The van der Waals surface area contributed by atoms with Gasteiger partial charge in [-0.05, 0) is 62.1 Å². The van der Waals surface area contributed by atoms with Gasteiger partial charge < -0.3 is 19.7 Å². The van der Waals surface area contributed by atoms with Crippen LogP contribution in [0.4, 0.5) is 0 Å². The highest BCUT2D eigenvalue weighted by Crippen LogP contribution is 2.21. The summed E-state index contributed by atoms with van der Waals surface area (Å²) in [5.41, 5.74) is 0.816. The van der Waals surface area contributed by atoms with Crippen molar-refractivity contribution in [3.8, 4) is 11.5 Å². The first-order valence-corrected chi connectivity index (χ1v) is 11.9. The van der Waals surface area contributed by atoms with Crippen LogP contribution in [0, 0.1) is 0 Å². The van der Waals surface area contributed by atoms with Gasteiger partial charge in [0, 0.05) is 24.0 Å². The number of nitrogens with zero attached hydrogens (tertiary/aromatic N) is 1. The van der Waals surface area contributed by atoms with Gasteiger partial charge in [-0.2, -0.15) is 0 Å². The number of carbonyl (C=O) groups is 2. The van der Waals surface area contributed by atoms with Gasteiger partial charge >= 0.3 is 0 Å². The van der Waals surface area contributed by atoms with Crippen LogP contribution < -0.4 is 14.8 Å². The first kappa shape index (κ1) is 26.5. The number of hydrogen-bond acceptors (Lipinski definition) is 4. The second-order valence-corrected chi connectivity index (χ2v) is 8.39. The number of rotatable bonds is 13. The summed E-state index contributed by atoms with van der Waals surface area (Å²) in [4.78, 5) is 27.8. The fourth-order valence-corrected chi connectivity index (χ4v) is 3.60. The van der Waals surface area contributed by atoms with E-state index in [9.17, 15) is 9.59 Å². The fourth-order valence-electron chi connectivity index (χ4n) is 3.40. The Bertz CT molecular complexity index is 888. The maximum absolute atomic E-state index is 13.2. The molecule has 0 heterocycles. The lowest BCUT2D eigenvalue weighted by atomic mass is 10.1. The Hall–Kier alpha value is -2.73. The number of nitrogens with one attached hydrogen (secondary N) is 1. The molecule has 2 aromatic carbocycles. The summed E-state index contributed by atoms with van der Waals surface area (Å²) < 4.78 is 10.9. The summed E-state index contributed by atoms with van der Waals surface area (Å²) in [5, 5.41) is 3.59. The minimum atomic E-state index is -0.565. The Balaban J connectivity index is 2.06. The molecule has 0 spiro atoms. The zero-order chi connectivity index (χ0) is 24.2. The van der Waals surface area contributed by atoms with Crippen molar-refractivity contribution in [3.63, 3.8) is 0 Å². The molecule has 6 nitrogen and oxygen atoms in total. The fraction of sp³-hybridized carbons (Fsp3) is 0.462. The van der Waals surface area contributed by atoms with Gasteiger partial charge in [-0.25, -0.2) is 0 Å². The molecule has 0 bridgehead atoms. The Morgan fingerprint density at radius 1 is 1.03 bits per heavy atom. The van der Waals surface area contributed by atoms with Gasteiger partial charge in [-0.1, -0.05) is 43.6 Å². The third kappa shape index (κ3) is 8.28. The molecule has 1 N–H and O–H groups in total. The molecular weight excluding hydrogens is 440 g/mol. The summed E-state index contributed by atoms with van der Waals surface area (Å²) in [7, 11) is 1.61. The summed E-state index contributed by atoms with van der Waals surface area (Å²) in [6, 6.07) is 14.2. The van der Waals surface area contributed by atoms with E-state index >= 15 is 0 Å². The normalized spacial score (nSPS) is 12.5. The molecule has 2 rings (SSSR count). The van der Waals surface area contributed by atoms with Gasteiger partial charge in [0.1, 0.15) is 17.5 Å². The van der Waals surface area contributed by atoms with Crippen molar-refractivity contribution in [3.05, 3.63) is 59.1 Å². The molecule has 7 heteroatoms. The summed E-state index contributed by atoms with van der Waals surface area (Å²) in [5.74, 6) is 1.24. The highest BCUT2D eigenvalue weighted by molar-refractivity contribution is 6.31. The monoisotopic (exact) mass is 474 g/mol. The van der Waals surface area contributed by atoms with Crippen molar-refractivity contribution in [2.75, 3.05) is 13.7 Å². The number of benzene rings is 2. The Morgan fingerprint density at radius 3 is 2.30 bits per heavy atom. The summed E-state index contributed by atoms with van der Waals surface area (Å²) in [6.45, 7) is 6.57. The zero-order valence-electron chi connectivity index (χ0n) is 20.0. The number of hydrogen-bond donors (Lipinski definition) is 1. The minimum Gasteiger partial charge on any atom is -0.497 e. The van der Waals surface area contributed by atoms with Gasteiger partial charge in [0.05, 0.1) is 13.7 Å². The average Bonchev–Trinajstić information content (AvgIpc) is 2.83. The van der Waals surface area contributed by atoms with E-state index in [1.54, 1.807) is 18.1 Å². The first-order valence-electron chi connectivity index (χ1n) is 11.5. The van der Waals surface area contributed by atoms with Crippen molar-refractivity contribution < 1.29 is 19.1 Å². The topological polar surface area (TPSA) is 67.9 Å². The molecule has 0 aliphatic rings. The summed E-state index contributed by atoms with van der Waals surface area (Å²) >= 11 is 6.36. The predicted molar refractivity (Wildman–Crippen MR) is 132 cm³/mol. The third-order valence-corrected chi connectivity index (χ3v) is 5.92. The molecule has 0 aliphatic carbocycles. The molecule has 0 fully saturated rings. The maximum Gasteiger partial charge on any atom is 0.243 e. The molecule has 0 saturated carbocycles. The van der Waals surface area contributed by atoms with Gasteiger partial charge in [-0.3, -0.25) is 9.59 Å². The molecule has 2 atom stereocenters. The molecule has 0 aromatic heterocycles. The first-order chi connectivity index (χ1) is 15.9. The van der Waals surface area contributed by atoms with E-state index < -0.39 is 6.04 Å². The molecule has 33 heavy (non-hydrogen) atoms. The molecule has 180 valence electrons. The van der Waals surface area contributed by atoms with Crippen molar-refractivity contribution >= 4 is 23.4 Å². The van der Waals surface area contributed by atoms with E-state index in [0.29, 0.717) is 24.5 Å². The van der Waals surface area contributed by atoms with Crippen molar-refractivity contribution in [1.82, 2.24) is 10.2 Å². The Morgan fingerprint density at radius 2 is 1.70 bits per heavy atom. The molecule has 2 amide bonds. The molecular formula is C26H35ClN2O4. The molecule has 2 aromatic rings. The van der Waals surface area contributed by atoms with Crippen LogP contribution in [0.15, 0.2) is 48.5 Å². The van der Waals surface area contributed by atoms with Gasteiger partial charge in [0.25, 0.3) is 0 Å². The Labute approximate surface area is 202 Å². The number of methoxy groups -OCH3 is 1. The smallest absolute Gasteiger partial charge is 0.243 e. The van der Waals surface area contributed by atoms with Crippen LogP contribution in [-0.4, -0.2) is 42.5 Å². The maximum atomic E-state index is 13.2. The third-order valence-electron chi connectivity index (χ3n) is 5.55. The standard InChI is InChI=1S/C26H35ClN2O4/c1-5-19(3)28-26(31)24(6-2)29(18-20-10-7-8-11-23(20)27)25(30)12-9-17-33-22-15-13-21(32-4)14-16-22/h7-8,10-11,13-16,19,24H,5-6,9,12,17-18H2,1-4H3,(H,28,31)/t19-,24-/m0/s1. The second kappa shape index (κ2) is 13.7. The van der Waals surface area contributed by atoms with E-state index in [1.807, 2.05) is 63.2 Å². The van der Waals surface area contributed by atoms with E-state index in [4.69, 9.17) is 21.1 Å². The van der Waals surface area contributed by atoms with Crippen LogP contribution in [-0.2, 0) is 16.1 Å². The van der Waals surface area contributed by atoms with Crippen LogP contribution in [0.1, 0.15) is 52.0 Å². The van der Waals surface area contributed by atoms with Gasteiger partial charge in [0.15, 0.2) is 0 Å².